The van der Waals surface area contributed by atoms with Crippen molar-refractivity contribution in [2.45, 2.75) is 33.3 Å². The zero-order valence-electron chi connectivity index (χ0n) is 11.1. The molecular formula is C14H21NO3. The Morgan fingerprint density at radius 3 is 2.61 bits per heavy atom. The highest BCUT2D eigenvalue weighted by molar-refractivity contribution is 5.94. The van der Waals surface area contributed by atoms with Gasteiger partial charge in [0.05, 0.1) is 6.10 Å². The number of benzene rings is 1. The monoisotopic (exact) mass is 251 g/mol. The summed E-state index contributed by atoms with van der Waals surface area (Å²) in [5.41, 5.74) is 1.19. The maximum Gasteiger partial charge on any atom is 0.251 e. The number of aromatic hydroxyl groups is 1. The van der Waals surface area contributed by atoms with Crippen molar-refractivity contribution >= 4 is 5.91 Å². The summed E-state index contributed by atoms with van der Waals surface area (Å²) in [6, 6.07) is 4.86. The predicted octanol–water partition coefficient (Wildman–Crippen LogP) is 1.84. The molecule has 0 spiro atoms. The van der Waals surface area contributed by atoms with E-state index in [0.29, 0.717) is 18.5 Å². The number of phenolic OH excluding ortho intramolecular Hbond substituents is 1. The summed E-state index contributed by atoms with van der Waals surface area (Å²) in [5, 5.41) is 21.5. The molecule has 4 nitrogen and oxygen atoms in total. The largest absolute Gasteiger partial charge is 0.508 e. The van der Waals surface area contributed by atoms with Crippen LogP contribution in [-0.4, -0.2) is 28.8 Å². The van der Waals surface area contributed by atoms with Crippen LogP contribution in [0, 0.1) is 12.8 Å². The minimum absolute atomic E-state index is 0.125. The molecule has 1 amide bonds. The van der Waals surface area contributed by atoms with Crippen LogP contribution in [0.3, 0.4) is 0 Å². The molecule has 0 aliphatic carbocycles. The SMILES string of the molecule is Cc1ccc(C(=O)NCC(C)CC(C)O)cc1O. The van der Waals surface area contributed by atoms with Crippen molar-refractivity contribution in [2.75, 3.05) is 6.54 Å². The Morgan fingerprint density at radius 1 is 1.39 bits per heavy atom. The van der Waals surface area contributed by atoms with Gasteiger partial charge in [-0.05, 0) is 43.9 Å². The van der Waals surface area contributed by atoms with Gasteiger partial charge in [0.15, 0.2) is 0 Å². The minimum atomic E-state index is -0.361. The first-order valence-electron chi connectivity index (χ1n) is 6.16. The molecule has 4 heteroatoms. The number of phenols is 1. The van der Waals surface area contributed by atoms with Gasteiger partial charge in [-0.1, -0.05) is 13.0 Å². The standard InChI is InChI=1S/C14H21NO3/c1-9(6-11(3)16)8-15-14(18)12-5-4-10(2)13(17)7-12/h4-5,7,9,11,16-17H,6,8H2,1-3H3,(H,15,18). The van der Waals surface area contributed by atoms with Crippen molar-refractivity contribution in [2.24, 2.45) is 5.92 Å². The molecule has 0 fully saturated rings. The summed E-state index contributed by atoms with van der Waals surface area (Å²) in [7, 11) is 0. The predicted molar refractivity (Wildman–Crippen MR) is 70.6 cm³/mol. The average Bonchev–Trinajstić information content (AvgIpc) is 2.28. The van der Waals surface area contributed by atoms with Crippen LogP contribution in [0.5, 0.6) is 5.75 Å². The van der Waals surface area contributed by atoms with Crippen LogP contribution in [0.2, 0.25) is 0 Å². The van der Waals surface area contributed by atoms with Crippen molar-refractivity contribution in [3.8, 4) is 5.75 Å². The van der Waals surface area contributed by atoms with E-state index in [2.05, 4.69) is 5.32 Å². The number of carbonyl (C=O) groups excluding carboxylic acids is 1. The smallest absolute Gasteiger partial charge is 0.251 e. The molecule has 0 aliphatic heterocycles. The summed E-state index contributed by atoms with van der Waals surface area (Å²) >= 11 is 0. The maximum absolute atomic E-state index is 11.8. The highest BCUT2D eigenvalue weighted by Gasteiger charge is 2.10. The lowest BCUT2D eigenvalue weighted by atomic mass is 10.0. The van der Waals surface area contributed by atoms with Gasteiger partial charge in [0, 0.05) is 12.1 Å². The van der Waals surface area contributed by atoms with Gasteiger partial charge < -0.3 is 15.5 Å². The number of nitrogens with one attached hydrogen (secondary N) is 1. The van der Waals surface area contributed by atoms with E-state index in [0.717, 1.165) is 5.56 Å². The molecule has 1 aromatic rings. The van der Waals surface area contributed by atoms with Gasteiger partial charge in [-0.25, -0.2) is 0 Å². The van der Waals surface area contributed by atoms with Crippen LogP contribution in [-0.2, 0) is 0 Å². The van der Waals surface area contributed by atoms with E-state index < -0.39 is 0 Å². The van der Waals surface area contributed by atoms with Crippen LogP contribution in [0.15, 0.2) is 18.2 Å². The zero-order valence-corrected chi connectivity index (χ0v) is 11.1. The minimum Gasteiger partial charge on any atom is -0.508 e. The zero-order chi connectivity index (χ0) is 13.7. The Balaban J connectivity index is 2.52. The van der Waals surface area contributed by atoms with Gasteiger partial charge in [-0.3, -0.25) is 4.79 Å². The summed E-state index contributed by atoms with van der Waals surface area (Å²) in [5.74, 6) is 0.135. The van der Waals surface area contributed by atoms with E-state index in [4.69, 9.17) is 0 Å². The van der Waals surface area contributed by atoms with Gasteiger partial charge in [0.1, 0.15) is 5.75 Å². The Kier molecular flexibility index (Phi) is 5.16. The molecule has 2 atom stereocenters. The average molecular weight is 251 g/mol. The Morgan fingerprint density at radius 2 is 2.06 bits per heavy atom. The van der Waals surface area contributed by atoms with E-state index in [-0.39, 0.29) is 23.7 Å². The number of hydrogen-bond acceptors (Lipinski definition) is 3. The number of carbonyl (C=O) groups is 1. The van der Waals surface area contributed by atoms with E-state index in [1.165, 1.54) is 6.07 Å². The first kappa shape index (κ1) is 14.5. The highest BCUT2D eigenvalue weighted by atomic mass is 16.3. The number of hydrogen-bond donors (Lipinski definition) is 3. The van der Waals surface area contributed by atoms with E-state index in [9.17, 15) is 15.0 Å². The third-order valence-corrected chi connectivity index (χ3v) is 2.83. The summed E-state index contributed by atoms with van der Waals surface area (Å²) in [4.78, 5) is 11.8. The topological polar surface area (TPSA) is 69.6 Å². The number of aliphatic hydroxyl groups is 1. The summed E-state index contributed by atoms with van der Waals surface area (Å²) in [6.07, 6.45) is 0.291. The van der Waals surface area contributed by atoms with Crippen molar-refractivity contribution in [3.63, 3.8) is 0 Å². The molecule has 0 heterocycles. The summed E-state index contributed by atoms with van der Waals surface area (Å²) in [6.45, 7) is 6.00. The Hall–Kier alpha value is -1.55. The van der Waals surface area contributed by atoms with Crippen LogP contribution in [0.4, 0.5) is 0 Å². The second-order valence-corrected chi connectivity index (χ2v) is 4.90. The van der Waals surface area contributed by atoms with Crippen LogP contribution >= 0.6 is 0 Å². The lowest BCUT2D eigenvalue weighted by Crippen LogP contribution is -2.29. The summed E-state index contributed by atoms with van der Waals surface area (Å²) < 4.78 is 0. The fourth-order valence-electron chi connectivity index (χ4n) is 1.79. The van der Waals surface area contributed by atoms with Gasteiger partial charge in [-0.15, -0.1) is 0 Å². The lowest BCUT2D eigenvalue weighted by molar-refractivity contribution is 0.0939. The molecule has 0 radical (unpaired) electrons. The molecule has 18 heavy (non-hydrogen) atoms. The Labute approximate surface area is 108 Å². The molecule has 1 aromatic carbocycles. The molecule has 0 aromatic heterocycles. The molecular weight excluding hydrogens is 230 g/mol. The fraction of sp³-hybridized carbons (Fsp3) is 0.500. The van der Waals surface area contributed by atoms with Gasteiger partial charge in [0.2, 0.25) is 0 Å². The van der Waals surface area contributed by atoms with Gasteiger partial charge >= 0.3 is 0 Å². The van der Waals surface area contributed by atoms with Crippen LogP contribution in [0.25, 0.3) is 0 Å². The number of aliphatic hydroxyl groups excluding tert-OH is 1. The molecule has 0 bridgehead atoms. The maximum atomic E-state index is 11.8. The molecule has 1 rings (SSSR count). The first-order chi connectivity index (χ1) is 8.40. The van der Waals surface area contributed by atoms with E-state index in [1.807, 2.05) is 6.92 Å². The van der Waals surface area contributed by atoms with Crippen molar-refractivity contribution in [1.82, 2.24) is 5.32 Å². The van der Waals surface area contributed by atoms with Crippen molar-refractivity contribution < 1.29 is 15.0 Å². The van der Waals surface area contributed by atoms with Gasteiger partial charge in [-0.2, -0.15) is 0 Å². The van der Waals surface area contributed by atoms with E-state index in [1.54, 1.807) is 26.0 Å². The van der Waals surface area contributed by atoms with Crippen LogP contribution in [0.1, 0.15) is 36.2 Å². The number of rotatable bonds is 5. The second kappa shape index (κ2) is 6.40. The third-order valence-electron chi connectivity index (χ3n) is 2.83. The first-order valence-corrected chi connectivity index (χ1v) is 6.16. The fourth-order valence-corrected chi connectivity index (χ4v) is 1.79. The second-order valence-electron chi connectivity index (χ2n) is 4.90. The normalized spacial score (nSPS) is 14.0. The molecule has 2 unspecified atom stereocenters. The lowest BCUT2D eigenvalue weighted by Gasteiger charge is -2.14. The van der Waals surface area contributed by atoms with Crippen molar-refractivity contribution in [3.05, 3.63) is 29.3 Å². The van der Waals surface area contributed by atoms with Crippen molar-refractivity contribution in [1.29, 1.82) is 0 Å². The number of aryl methyl sites for hydroxylation is 1. The van der Waals surface area contributed by atoms with Crippen LogP contribution < -0.4 is 5.32 Å². The molecule has 0 aliphatic rings. The molecule has 100 valence electrons. The Bertz CT molecular complexity index is 416. The van der Waals surface area contributed by atoms with E-state index >= 15 is 0 Å². The quantitative estimate of drug-likeness (QED) is 0.748. The number of amides is 1. The highest BCUT2D eigenvalue weighted by Crippen LogP contribution is 2.17. The molecule has 3 N–H and O–H groups in total. The van der Waals surface area contributed by atoms with Gasteiger partial charge in [0.25, 0.3) is 5.91 Å². The third kappa shape index (κ3) is 4.37. The molecule has 0 saturated heterocycles. The molecule has 0 saturated carbocycles.